The van der Waals surface area contributed by atoms with Crippen molar-refractivity contribution in [2.24, 2.45) is 0 Å². The molecule has 0 aliphatic carbocycles. The van der Waals surface area contributed by atoms with Crippen molar-refractivity contribution in [3.8, 4) is 0 Å². The van der Waals surface area contributed by atoms with E-state index in [9.17, 15) is 8.42 Å². The third kappa shape index (κ3) is 4.85. The number of hydrogen-bond acceptors (Lipinski definition) is 3. The van der Waals surface area contributed by atoms with E-state index < -0.39 is 16.1 Å². The fourth-order valence-electron chi connectivity index (χ4n) is 5.50. The number of aromatic nitrogens is 1. The summed E-state index contributed by atoms with van der Waals surface area (Å²) in [5.41, 5.74) is 2.88. The van der Waals surface area contributed by atoms with E-state index in [4.69, 9.17) is 0 Å². The van der Waals surface area contributed by atoms with Crippen molar-refractivity contribution in [3.63, 3.8) is 0 Å². The van der Waals surface area contributed by atoms with Gasteiger partial charge in [-0.15, -0.1) is 0 Å². The summed E-state index contributed by atoms with van der Waals surface area (Å²) in [7, 11) is -3.86. The molecule has 0 bridgehead atoms. The Bertz CT molecular complexity index is 1350. The Morgan fingerprint density at radius 1 is 0.917 bits per heavy atom. The van der Waals surface area contributed by atoms with Crippen molar-refractivity contribution in [1.82, 2.24) is 14.2 Å². The lowest BCUT2D eigenvalue weighted by Gasteiger charge is -2.35. The minimum Gasteiger partial charge on any atom is -0.330 e. The zero-order chi connectivity index (χ0) is 25.1. The molecule has 1 aliphatic rings. The van der Waals surface area contributed by atoms with Crippen molar-refractivity contribution in [3.05, 3.63) is 102 Å². The summed E-state index contributed by atoms with van der Waals surface area (Å²) in [5.74, 6) is 0. The average Bonchev–Trinajstić information content (AvgIpc) is 3.55. The van der Waals surface area contributed by atoms with Gasteiger partial charge < -0.3 is 9.88 Å². The predicted molar refractivity (Wildman–Crippen MR) is 146 cm³/mol. The third-order valence-electron chi connectivity index (χ3n) is 7.17. The molecule has 36 heavy (non-hydrogen) atoms. The molecule has 0 spiro atoms. The summed E-state index contributed by atoms with van der Waals surface area (Å²) in [6.07, 6.45) is 3.23. The lowest BCUT2D eigenvalue weighted by Crippen LogP contribution is -2.41. The highest BCUT2D eigenvalue weighted by Gasteiger charge is 2.38. The lowest BCUT2D eigenvalue weighted by molar-refractivity contribution is 0.304. The van der Waals surface area contributed by atoms with Crippen LogP contribution >= 0.6 is 0 Å². The molecule has 1 aliphatic heterocycles. The van der Waals surface area contributed by atoms with Crippen LogP contribution in [0.5, 0.6) is 0 Å². The molecule has 1 saturated heterocycles. The zero-order valence-electron chi connectivity index (χ0n) is 21.0. The normalized spacial score (nSPS) is 16.5. The Balaban J connectivity index is 1.64. The molecular weight excluding hydrogens is 466 g/mol. The smallest absolute Gasteiger partial charge is 0.259 e. The molecule has 3 aromatic carbocycles. The van der Waals surface area contributed by atoms with Gasteiger partial charge in [-0.1, -0.05) is 78.9 Å². The summed E-state index contributed by atoms with van der Waals surface area (Å²) in [6.45, 7) is 5.63. The number of hydrogen-bond donors (Lipinski definition) is 1. The van der Waals surface area contributed by atoms with Crippen molar-refractivity contribution in [2.75, 3.05) is 6.54 Å². The van der Waals surface area contributed by atoms with Crippen LogP contribution < -0.4 is 5.32 Å². The van der Waals surface area contributed by atoms with Gasteiger partial charge in [0.25, 0.3) is 10.0 Å². The number of nitrogens with zero attached hydrogens (tertiary/aromatic N) is 2. The highest BCUT2D eigenvalue weighted by Crippen LogP contribution is 2.37. The SMILES string of the molecule is CC(C)N(C(c1ccccc1)c1ccccc1)S(=O)(=O)c1cc2ccccc2n1CCC1CCCN1. The van der Waals surface area contributed by atoms with Crippen LogP contribution in [0.4, 0.5) is 0 Å². The van der Waals surface area contributed by atoms with Gasteiger partial charge in [-0.05, 0) is 62.9 Å². The predicted octanol–water partition coefficient (Wildman–Crippen LogP) is 5.97. The minimum absolute atomic E-state index is 0.247. The van der Waals surface area contributed by atoms with E-state index in [1.54, 1.807) is 4.31 Å². The van der Waals surface area contributed by atoms with Crippen molar-refractivity contribution < 1.29 is 8.42 Å². The van der Waals surface area contributed by atoms with Crippen LogP contribution in [0.15, 0.2) is 96.0 Å². The second-order valence-corrected chi connectivity index (χ2v) is 11.7. The summed E-state index contributed by atoms with van der Waals surface area (Å²) < 4.78 is 33.0. The van der Waals surface area contributed by atoms with Gasteiger partial charge in [0.1, 0.15) is 0 Å². The molecule has 0 saturated carbocycles. The van der Waals surface area contributed by atoms with Crippen LogP contribution in [0.1, 0.15) is 50.3 Å². The van der Waals surface area contributed by atoms with E-state index in [0.717, 1.165) is 41.4 Å². The van der Waals surface area contributed by atoms with E-state index in [-0.39, 0.29) is 6.04 Å². The van der Waals surface area contributed by atoms with E-state index in [1.807, 2.05) is 109 Å². The van der Waals surface area contributed by atoms with Crippen molar-refractivity contribution in [2.45, 2.75) is 62.8 Å². The molecule has 0 amide bonds. The number of sulfonamides is 1. The molecule has 1 N–H and O–H groups in total. The van der Waals surface area contributed by atoms with Gasteiger partial charge in [0.15, 0.2) is 5.03 Å². The van der Waals surface area contributed by atoms with Crippen LogP contribution in [0.25, 0.3) is 10.9 Å². The second-order valence-electron chi connectivity index (χ2n) is 9.93. The molecule has 188 valence electrons. The van der Waals surface area contributed by atoms with Gasteiger partial charge >= 0.3 is 0 Å². The van der Waals surface area contributed by atoms with Crippen LogP contribution in [0, 0.1) is 0 Å². The second kappa shape index (κ2) is 10.6. The first-order valence-electron chi connectivity index (χ1n) is 12.9. The Hall–Kier alpha value is -2.93. The largest absolute Gasteiger partial charge is 0.330 e. The van der Waals surface area contributed by atoms with Gasteiger partial charge in [-0.25, -0.2) is 8.42 Å². The first-order chi connectivity index (χ1) is 17.5. The monoisotopic (exact) mass is 501 g/mol. The Labute approximate surface area is 214 Å². The number of benzene rings is 3. The molecular formula is C30H35N3O2S. The standard InChI is InChI=1S/C30H35N3O2S/c1-23(2)33(30(24-12-5-3-6-13-24)25-14-7-4-8-15-25)36(34,35)29-22-26-16-9-10-18-28(26)32(29)21-19-27-17-11-20-31-27/h3-10,12-16,18,22-23,27,30-31H,11,17,19-21H2,1-2H3. The Kier molecular flexibility index (Phi) is 7.28. The highest BCUT2D eigenvalue weighted by atomic mass is 32.2. The Morgan fingerprint density at radius 3 is 2.11 bits per heavy atom. The molecule has 0 radical (unpaired) electrons. The van der Waals surface area contributed by atoms with E-state index >= 15 is 0 Å². The van der Waals surface area contributed by atoms with Crippen LogP contribution in [-0.4, -0.2) is 35.9 Å². The van der Waals surface area contributed by atoms with E-state index in [2.05, 4.69) is 5.32 Å². The first kappa shape index (κ1) is 24.8. The quantitative estimate of drug-likeness (QED) is 0.307. The maximum atomic E-state index is 14.6. The molecule has 1 aromatic heterocycles. The average molecular weight is 502 g/mol. The van der Waals surface area contributed by atoms with Crippen LogP contribution in [0.2, 0.25) is 0 Å². The molecule has 5 nitrogen and oxygen atoms in total. The lowest BCUT2D eigenvalue weighted by atomic mass is 9.98. The highest BCUT2D eigenvalue weighted by molar-refractivity contribution is 7.89. The third-order valence-corrected chi connectivity index (χ3v) is 9.23. The van der Waals surface area contributed by atoms with E-state index in [0.29, 0.717) is 17.6 Å². The first-order valence-corrected chi connectivity index (χ1v) is 14.4. The molecule has 1 fully saturated rings. The van der Waals surface area contributed by atoms with Gasteiger partial charge in [-0.3, -0.25) is 0 Å². The van der Waals surface area contributed by atoms with E-state index in [1.165, 1.54) is 6.42 Å². The molecule has 6 heteroatoms. The summed E-state index contributed by atoms with van der Waals surface area (Å²) in [5, 5.41) is 4.88. The zero-order valence-corrected chi connectivity index (χ0v) is 21.9. The number of nitrogens with one attached hydrogen (secondary N) is 1. The molecule has 2 heterocycles. The molecule has 1 unspecified atom stereocenters. The molecule has 5 rings (SSSR count). The Morgan fingerprint density at radius 2 is 1.53 bits per heavy atom. The maximum Gasteiger partial charge on any atom is 0.259 e. The maximum absolute atomic E-state index is 14.6. The summed E-state index contributed by atoms with van der Waals surface area (Å²) >= 11 is 0. The van der Waals surface area contributed by atoms with Gasteiger partial charge in [0.05, 0.1) is 6.04 Å². The molecule has 4 aromatic rings. The van der Waals surface area contributed by atoms with Crippen molar-refractivity contribution in [1.29, 1.82) is 0 Å². The molecule has 1 atom stereocenters. The fraction of sp³-hybridized carbons (Fsp3) is 0.333. The van der Waals surface area contributed by atoms with Gasteiger partial charge in [0.2, 0.25) is 0 Å². The minimum atomic E-state index is -3.86. The number of fused-ring (bicyclic) bond motifs is 1. The van der Waals surface area contributed by atoms with Crippen molar-refractivity contribution >= 4 is 20.9 Å². The number of para-hydroxylation sites is 1. The van der Waals surface area contributed by atoms with Crippen LogP contribution in [-0.2, 0) is 16.6 Å². The fourth-order valence-corrected chi connectivity index (χ4v) is 7.53. The number of aryl methyl sites for hydroxylation is 1. The van der Waals surface area contributed by atoms with Crippen LogP contribution in [0.3, 0.4) is 0 Å². The summed E-state index contributed by atoms with van der Waals surface area (Å²) in [6, 6.07) is 29.5. The summed E-state index contributed by atoms with van der Waals surface area (Å²) in [4.78, 5) is 0. The van der Waals surface area contributed by atoms with Gasteiger partial charge in [0, 0.05) is 29.5 Å². The topological polar surface area (TPSA) is 54.3 Å². The van der Waals surface area contributed by atoms with Gasteiger partial charge in [-0.2, -0.15) is 4.31 Å². The number of rotatable bonds is 9.